The molecule has 2 N–H and O–H groups in total. The summed E-state index contributed by atoms with van der Waals surface area (Å²) < 4.78 is 5.58. The Balaban J connectivity index is 1.88. The average Bonchev–Trinajstić information content (AvgIpc) is 2.57. The van der Waals surface area contributed by atoms with E-state index in [2.05, 4.69) is 10.6 Å². The molecule has 24 heavy (non-hydrogen) atoms. The molecule has 2 rings (SSSR count). The average molecular weight is 326 g/mol. The Kier molecular flexibility index (Phi) is 6.37. The summed E-state index contributed by atoms with van der Waals surface area (Å²) in [6.07, 6.45) is 0.683. The van der Waals surface area contributed by atoms with E-state index in [9.17, 15) is 9.59 Å². The number of benzene rings is 2. The smallest absolute Gasteiger partial charge is 0.265 e. The second-order valence-corrected chi connectivity index (χ2v) is 5.44. The molecule has 5 nitrogen and oxygen atoms in total. The summed E-state index contributed by atoms with van der Waals surface area (Å²) in [7, 11) is 0. The van der Waals surface area contributed by atoms with E-state index in [1.54, 1.807) is 43.3 Å². The first-order valence-electron chi connectivity index (χ1n) is 8.01. The maximum Gasteiger partial charge on any atom is 0.265 e. The topological polar surface area (TPSA) is 67.4 Å². The molecule has 0 saturated heterocycles. The molecule has 0 aliphatic carbocycles. The molecular formula is C19H22N2O3. The van der Waals surface area contributed by atoms with Gasteiger partial charge in [-0.3, -0.25) is 9.59 Å². The Morgan fingerprint density at radius 3 is 2.12 bits per heavy atom. The monoisotopic (exact) mass is 326 g/mol. The summed E-state index contributed by atoms with van der Waals surface area (Å²) in [5.41, 5.74) is 1.36. The molecule has 5 heteroatoms. The highest BCUT2D eigenvalue weighted by atomic mass is 16.5. The van der Waals surface area contributed by atoms with E-state index < -0.39 is 6.10 Å². The van der Waals surface area contributed by atoms with E-state index >= 15 is 0 Å². The Labute approximate surface area is 142 Å². The second kappa shape index (κ2) is 8.72. The lowest BCUT2D eigenvalue weighted by Crippen LogP contribution is -2.30. The molecule has 0 bridgehead atoms. The summed E-state index contributed by atoms with van der Waals surface area (Å²) in [6.45, 7) is 3.65. The first-order valence-corrected chi connectivity index (χ1v) is 8.01. The highest BCUT2D eigenvalue weighted by Gasteiger charge is 2.14. The van der Waals surface area contributed by atoms with E-state index in [-0.39, 0.29) is 11.8 Å². The normalized spacial score (nSPS) is 11.4. The van der Waals surface area contributed by atoms with Gasteiger partial charge in [0.25, 0.3) is 5.91 Å². The van der Waals surface area contributed by atoms with E-state index in [4.69, 9.17) is 4.74 Å². The van der Waals surface area contributed by atoms with Gasteiger partial charge in [0.1, 0.15) is 5.75 Å². The molecule has 0 saturated carbocycles. The van der Waals surface area contributed by atoms with E-state index in [1.165, 1.54) is 0 Å². The molecule has 126 valence electrons. The molecule has 0 fully saturated rings. The predicted octanol–water partition coefficient (Wildman–Crippen LogP) is 3.83. The number of nitrogens with one attached hydrogen (secondary N) is 2. The second-order valence-electron chi connectivity index (χ2n) is 5.44. The fraction of sp³-hybridized carbons (Fsp3) is 0.263. The molecule has 2 aromatic rings. The fourth-order valence-corrected chi connectivity index (χ4v) is 2.09. The summed E-state index contributed by atoms with van der Waals surface area (Å²) in [6, 6.07) is 16.2. The molecule has 1 atom stereocenters. The zero-order chi connectivity index (χ0) is 17.4. The minimum Gasteiger partial charge on any atom is -0.481 e. The summed E-state index contributed by atoms with van der Waals surface area (Å²) >= 11 is 0. The molecule has 2 amide bonds. The minimum atomic E-state index is -0.615. The predicted molar refractivity (Wildman–Crippen MR) is 95.1 cm³/mol. The first-order chi connectivity index (χ1) is 11.6. The Morgan fingerprint density at radius 2 is 1.54 bits per heavy atom. The summed E-state index contributed by atoms with van der Waals surface area (Å²) in [4.78, 5) is 23.7. The molecule has 0 spiro atoms. The number of anilines is 2. The van der Waals surface area contributed by atoms with Crippen LogP contribution >= 0.6 is 0 Å². The minimum absolute atomic E-state index is 0.0147. The van der Waals surface area contributed by atoms with Crippen LogP contribution in [0, 0.1) is 0 Å². The maximum atomic E-state index is 12.2. The van der Waals surface area contributed by atoms with Crippen LogP contribution in [0.15, 0.2) is 54.6 Å². The third-order valence-electron chi connectivity index (χ3n) is 3.34. The Morgan fingerprint density at radius 1 is 0.958 bits per heavy atom. The van der Waals surface area contributed by atoms with E-state index in [0.717, 1.165) is 6.42 Å². The van der Waals surface area contributed by atoms with Crippen molar-refractivity contribution < 1.29 is 14.3 Å². The number of carbonyl (C=O) groups excluding carboxylic acids is 2. The zero-order valence-electron chi connectivity index (χ0n) is 13.9. The van der Waals surface area contributed by atoms with Crippen LogP contribution in [-0.2, 0) is 9.59 Å². The number of para-hydroxylation sites is 1. The molecule has 2 aromatic carbocycles. The number of ether oxygens (including phenoxy) is 1. The standard InChI is InChI=1S/C19H22N2O3/c1-3-7-18(22)20-15-10-12-16(13-11-15)21-19(23)14(2)24-17-8-5-4-6-9-17/h4-6,8-14H,3,7H2,1-2H3,(H,20,22)(H,21,23)/t14-/m0/s1. The Bertz CT molecular complexity index is 669. The quantitative estimate of drug-likeness (QED) is 0.812. The van der Waals surface area contributed by atoms with Crippen molar-refractivity contribution in [1.29, 1.82) is 0 Å². The van der Waals surface area contributed by atoms with Crippen molar-refractivity contribution >= 4 is 23.2 Å². The van der Waals surface area contributed by atoms with Gasteiger partial charge in [-0.15, -0.1) is 0 Å². The lowest BCUT2D eigenvalue weighted by atomic mass is 10.2. The highest BCUT2D eigenvalue weighted by Crippen LogP contribution is 2.16. The molecule has 0 heterocycles. The van der Waals surface area contributed by atoms with Crippen LogP contribution in [-0.4, -0.2) is 17.9 Å². The van der Waals surface area contributed by atoms with Gasteiger partial charge in [-0.2, -0.15) is 0 Å². The number of carbonyl (C=O) groups is 2. The van der Waals surface area contributed by atoms with Gasteiger partial charge in [-0.1, -0.05) is 25.1 Å². The number of hydrogen-bond acceptors (Lipinski definition) is 3. The van der Waals surface area contributed by atoms with E-state index in [0.29, 0.717) is 23.5 Å². The van der Waals surface area contributed by atoms with Crippen LogP contribution in [0.25, 0.3) is 0 Å². The van der Waals surface area contributed by atoms with Crippen molar-refractivity contribution in [3.8, 4) is 5.75 Å². The Hall–Kier alpha value is -2.82. The lowest BCUT2D eigenvalue weighted by Gasteiger charge is -2.15. The molecule has 0 unspecified atom stereocenters. The highest BCUT2D eigenvalue weighted by molar-refractivity contribution is 5.95. The van der Waals surface area contributed by atoms with Crippen LogP contribution in [0.2, 0.25) is 0 Å². The molecule has 0 aliphatic rings. The van der Waals surface area contributed by atoms with Crippen molar-refractivity contribution in [3.63, 3.8) is 0 Å². The molecule has 0 radical (unpaired) electrons. The lowest BCUT2D eigenvalue weighted by molar-refractivity contribution is -0.122. The van der Waals surface area contributed by atoms with Gasteiger partial charge in [0, 0.05) is 17.8 Å². The fourth-order valence-electron chi connectivity index (χ4n) is 2.09. The van der Waals surface area contributed by atoms with Crippen LogP contribution in [0.1, 0.15) is 26.7 Å². The summed E-state index contributed by atoms with van der Waals surface area (Å²) in [5, 5.41) is 5.59. The number of amides is 2. The van der Waals surface area contributed by atoms with Gasteiger partial charge in [-0.05, 0) is 49.7 Å². The largest absolute Gasteiger partial charge is 0.481 e. The zero-order valence-corrected chi connectivity index (χ0v) is 13.9. The van der Waals surface area contributed by atoms with Gasteiger partial charge >= 0.3 is 0 Å². The van der Waals surface area contributed by atoms with Crippen LogP contribution in [0.4, 0.5) is 11.4 Å². The van der Waals surface area contributed by atoms with Crippen LogP contribution in [0.5, 0.6) is 5.75 Å². The van der Waals surface area contributed by atoms with Crippen molar-refractivity contribution in [1.82, 2.24) is 0 Å². The maximum absolute atomic E-state index is 12.2. The van der Waals surface area contributed by atoms with Gasteiger partial charge in [0.15, 0.2) is 6.10 Å². The SMILES string of the molecule is CCCC(=O)Nc1ccc(NC(=O)[C@H](C)Oc2ccccc2)cc1. The third-order valence-corrected chi connectivity index (χ3v) is 3.34. The van der Waals surface area contributed by atoms with Crippen molar-refractivity contribution in [3.05, 3.63) is 54.6 Å². The van der Waals surface area contributed by atoms with Crippen molar-refractivity contribution in [2.24, 2.45) is 0 Å². The van der Waals surface area contributed by atoms with Crippen LogP contribution in [0.3, 0.4) is 0 Å². The molecular weight excluding hydrogens is 304 g/mol. The van der Waals surface area contributed by atoms with Gasteiger partial charge < -0.3 is 15.4 Å². The van der Waals surface area contributed by atoms with Crippen molar-refractivity contribution in [2.75, 3.05) is 10.6 Å². The number of hydrogen-bond donors (Lipinski definition) is 2. The molecule has 0 aromatic heterocycles. The molecule has 0 aliphatic heterocycles. The van der Waals surface area contributed by atoms with Crippen molar-refractivity contribution in [2.45, 2.75) is 32.8 Å². The van der Waals surface area contributed by atoms with Gasteiger partial charge in [0.2, 0.25) is 5.91 Å². The third kappa shape index (κ3) is 5.43. The van der Waals surface area contributed by atoms with Gasteiger partial charge in [0.05, 0.1) is 0 Å². The first kappa shape index (κ1) is 17.5. The van der Waals surface area contributed by atoms with E-state index in [1.807, 2.05) is 25.1 Å². The number of rotatable bonds is 7. The van der Waals surface area contributed by atoms with Gasteiger partial charge in [-0.25, -0.2) is 0 Å². The summed E-state index contributed by atoms with van der Waals surface area (Å²) in [5.74, 6) is 0.398. The van der Waals surface area contributed by atoms with Crippen LogP contribution < -0.4 is 15.4 Å².